The van der Waals surface area contributed by atoms with Crippen molar-refractivity contribution in [2.75, 3.05) is 27.0 Å². The van der Waals surface area contributed by atoms with E-state index in [2.05, 4.69) is 4.98 Å². The highest BCUT2D eigenvalue weighted by atomic mass is 32.1. The van der Waals surface area contributed by atoms with Crippen molar-refractivity contribution in [2.45, 2.75) is 20.0 Å². The van der Waals surface area contributed by atoms with Crippen molar-refractivity contribution in [1.29, 1.82) is 0 Å². The number of carbonyl (C=O) groups is 2. The standard InChI is InChI=1S/C18H20N2O5S/c1-11-9-19-16(26-11)15-13(18(22)23-3)5-4-6-14(15)25-10-20-7-8-24-12(2)17(20)21/h4-6,9,12H,7-8,10H2,1-3H3/t12-/m0/s1. The molecule has 7 nitrogen and oxygen atoms in total. The van der Waals surface area contributed by atoms with Gasteiger partial charge in [0.2, 0.25) is 0 Å². The van der Waals surface area contributed by atoms with Crippen LogP contribution in [0, 0.1) is 6.92 Å². The zero-order chi connectivity index (χ0) is 18.7. The van der Waals surface area contributed by atoms with Crippen LogP contribution in [-0.4, -0.2) is 54.9 Å². The molecule has 3 rings (SSSR count). The molecular formula is C18H20N2O5S. The number of aryl methyl sites for hydroxylation is 1. The summed E-state index contributed by atoms with van der Waals surface area (Å²) in [4.78, 5) is 31.3. The van der Waals surface area contributed by atoms with Gasteiger partial charge in [-0.3, -0.25) is 4.79 Å². The number of carbonyl (C=O) groups excluding carboxylic acids is 2. The molecule has 0 unspecified atom stereocenters. The van der Waals surface area contributed by atoms with Crippen LogP contribution in [0.25, 0.3) is 10.6 Å². The van der Waals surface area contributed by atoms with E-state index in [0.29, 0.717) is 35.0 Å². The molecule has 138 valence electrons. The van der Waals surface area contributed by atoms with Gasteiger partial charge in [-0.1, -0.05) is 6.07 Å². The van der Waals surface area contributed by atoms with Crippen LogP contribution in [0.5, 0.6) is 5.75 Å². The molecule has 0 radical (unpaired) electrons. The molecule has 26 heavy (non-hydrogen) atoms. The van der Waals surface area contributed by atoms with E-state index in [9.17, 15) is 9.59 Å². The molecule has 1 aromatic carbocycles. The third kappa shape index (κ3) is 3.71. The van der Waals surface area contributed by atoms with Crippen LogP contribution in [0.2, 0.25) is 0 Å². The molecule has 0 aliphatic carbocycles. The van der Waals surface area contributed by atoms with Gasteiger partial charge in [-0.2, -0.15) is 0 Å². The molecule has 1 fully saturated rings. The zero-order valence-corrected chi connectivity index (χ0v) is 15.7. The molecule has 8 heteroatoms. The number of rotatable bonds is 5. The molecule has 1 amide bonds. The van der Waals surface area contributed by atoms with Gasteiger partial charge in [0.15, 0.2) is 6.73 Å². The highest BCUT2D eigenvalue weighted by Gasteiger charge is 2.27. The van der Waals surface area contributed by atoms with Gasteiger partial charge in [0, 0.05) is 17.6 Å². The summed E-state index contributed by atoms with van der Waals surface area (Å²) >= 11 is 1.46. The van der Waals surface area contributed by atoms with Gasteiger partial charge in [0.25, 0.3) is 5.91 Å². The highest BCUT2D eigenvalue weighted by Crippen LogP contribution is 2.36. The second-order valence-corrected chi connectivity index (χ2v) is 7.07. The first kappa shape index (κ1) is 18.3. The molecule has 1 saturated heterocycles. The summed E-state index contributed by atoms with van der Waals surface area (Å²) in [5, 5.41) is 0.667. The average Bonchev–Trinajstić information content (AvgIpc) is 3.08. The maximum absolute atomic E-state index is 12.2. The Labute approximate surface area is 155 Å². The molecule has 2 aromatic rings. The zero-order valence-electron chi connectivity index (χ0n) is 14.9. The van der Waals surface area contributed by atoms with Crippen LogP contribution < -0.4 is 4.74 Å². The highest BCUT2D eigenvalue weighted by molar-refractivity contribution is 7.15. The van der Waals surface area contributed by atoms with Crippen LogP contribution in [0.15, 0.2) is 24.4 Å². The Morgan fingerprint density at radius 2 is 2.27 bits per heavy atom. The monoisotopic (exact) mass is 376 g/mol. The van der Waals surface area contributed by atoms with E-state index in [4.69, 9.17) is 14.2 Å². The van der Waals surface area contributed by atoms with Gasteiger partial charge in [0.05, 0.1) is 24.8 Å². The van der Waals surface area contributed by atoms with Gasteiger partial charge in [-0.15, -0.1) is 11.3 Å². The summed E-state index contributed by atoms with van der Waals surface area (Å²) < 4.78 is 16.1. The molecule has 1 aromatic heterocycles. The van der Waals surface area contributed by atoms with Crippen molar-refractivity contribution in [2.24, 2.45) is 0 Å². The largest absolute Gasteiger partial charge is 0.472 e. The van der Waals surface area contributed by atoms with Crippen molar-refractivity contribution in [3.63, 3.8) is 0 Å². The lowest BCUT2D eigenvalue weighted by Gasteiger charge is -2.30. The van der Waals surface area contributed by atoms with Crippen molar-refractivity contribution in [3.8, 4) is 16.3 Å². The third-order valence-electron chi connectivity index (χ3n) is 4.03. The third-order valence-corrected chi connectivity index (χ3v) is 4.96. The Bertz CT molecular complexity index is 820. The van der Waals surface area contributed by atoms with Crippen LogP contribution in [-0.2, 0) is 14.3 Å². The minimum absolute atomic E-state index is 0.0779. The van der Waals surface area contributed by atoms with Crippen molar-refractivity contribution in [3.05, 3.63) is 34.8 Å². The lowest BCUT2D eigenvalue weighted by atomic mass is 10.1. The first-order valence-corrected chi connectivity index (χ1v) is 9.00. The molecule has 2 heterocycles. The Morgan fingerprint density at radius 1 is 1.46 bits per heavy atom. The Balaban J connectivity index is 1.91. The summed E-state index contributed by atoms with van der Waals surface area (Å²) in [6, 6.07) is 5.15. The van der Waals surface area contributed by atoms with E-state index in [0.717, 1.165) is 4.88 Å². The molecule has 0 saturated carbocycles. The Kier molecular flexibility index (Phi) is 5.53. The van der Waals surface area contributed by atoms with Crippen molar-refractivity contribution in [1.82, 2.24) is 9.88 Å². The minimum atomic E-state index is -0.477. The fraction of sp³-hybridized carbons (Fsp3) is 0.389. The maximum atomic E-state index is 12.2. The molecule has 0 bridgehead atoms. The molecule has 0 N–H and O–H groups in total. The number of thiazole rings is 1. The number of morpholine rings is 1. The quantitative estimate of drug-likeness (QED) is 0.746. The molecule has 1 aliphatic heterocycles. The van der Waals surface area contributed by atoms with Crippen LogP contribution >= 0.6 is 11.3 Å². The van der Waals surface area contributed by atoms with Crippen LogP contribution in [0.1, 0.15) is 22.2 Å². The fourth-order valence-corrected chi connectivity index (χ4v) is 3.50. The predicted octanol–water partition coefficient (Wildman–Crippen LogP) is 2.49. The number of nitrogens with zero attached hydrogens (tertiary/aromatic N) is 2. The summed E-state index contributed by atoms with van der Waals surface area (Å²) in [5.41, 5.74) is 0.951. The van der Waals surface area contributed by atoms with E-state index in [-0.39, 0.29) is 12.6 Å². The van der Waals surface area contributed by atoms with Gasteiger partial charge >= 0.3 is 5.97 Å². The van der Waals surface area contributed by atoms with E-state index in [1.165, 1.54) is 18.4 Å². The van der Waals surface area contributed by atoms with E-state index in [1.54, 1.807) is 36.2 Å². The molecular weight excluding hydrogens is 356 g/mol. The Hall–Kier alpha value is -2.45. The second-order valence-electron chi connectivity index (χ2n) is 5.83. The first-order valence-electron chi connectivity index (χ1n) is 8.18. The second kappa shape index (κ2) is 7.84. The number of benzene rings is 1. The van der Waals surface area contributed by atoms with Gasteiger partial charge in [-0.05, 0) is 26.0 Å². The number of esters is 1. The number of methoxy groups -OCH3 is 1. The molecule has 0 spiro atoms. The van der Waals surface area contributed by atoms with Crippen molar-refractivity contribution >= 4 is 23.2 Å². The van der Waals surface area contributed by atoms with E-state index in [1.807, 2.05) is 6.92 Å². The molecule has 1 aliphatic rings. The normalized spacial score (nSPS) is 17.3. The topological polar surface area (TPSA) is 78.0 Å². The smallest absolute Gasteiger partial charge is 0.338 e. The molecule has 1 atom stereocenters. The number of aromatic nitrogens is 1. The van der Waals surface area contributed by atoms with Gasteiger partial charge in [-0.25, -0.2) is 9.78 Å². The lowest BCUT2D eigenvalue weighted by Crippen LogP contribution is -2.47. The van der Waals surface area contributed by atoms with Crippen molar-refractivity contribution < 1.29 is 23.8 Å². The summed E-state index contributed by atoms with van der Waals surface area (Å²) in [5.74, 6) is -0.101. The predicted molar refractivity (Wildman–Crippen MR) is 96.2 cm³/mol. The average molecular weight is 376 g/mol. The summed E-state index contributed by atoms with van der Waals surface area (Å²) in [7, 11) is 1.33. The van der Waals surface area contributed by atoms with Crippen LogP contribution in [0.3, 0.4) is 0 Å². The SMILES string of the molecule is COC(=O)c1cccc(OCN2CCO[C@@H](C)C2=O)c1-c1ncc(C)s1. The first-order chi connectivity index (χ1) is 12.5. The number of amides is 1. The van der Waals surface area contributed by atoms with Crippen LogP contribution in [0.4, 0.5) is 0 Å². The van der Waals surface area contributed by atoms with E-state index >= 15 is 0 Å². The lowest BCUT2D eigenvalue weighted by molar-refractivity contribution is -0.155. The minimum Gasteiger partial charge on any atom is -0.472 e. The van der Waals surface area contributed by atoms with Gasteiger partial charge in [0.1, 0.15) is 16.9 Å². The number of hydrogen-bond donors (Lipinski definition) is 0. The number of ether oxygens (including phenoxy) is 3. The van der Waals surface area contributed by atoms with Gasteiger partial charge < -0.3 is 19.1 Å². The summed E-state index contributed by atoms with van der Waals surface area (Å²) in [6.45, 7) is 4.67. The fourth-order valence-electron chi connectivity index (χ4n) is 2.68. The Morgan fingerprint density at radius 3 is 2.96 bits per heavy atom. The summed E-state index contributed by atoms with van der Waals surface area (Å²) in [6.07, 6.45) is 1.26. The van der Waals surface area contributed by atoms with E-state index < -0.39 is 12.1 Å². The number of hydrogen-bond acceptors (Lipinski definition) is 7. The maximum Gasteiger partial charge on any atom is 0.338 e.